The van der Waals surface area contributed by atoms with Crippen LogP contribution in [-0.4, -0.2) is 49.6 Å². The van der Waals surface area contributed by atoms with Gasteiger partial charge in [-0.2, -0.15) is 0 Å². The highest BCUT2D eigenvalue weighted by atomic mass is 16.5. The summed E-state index contributed by atoms with van der Waals surface area (Å²) in [7, 11) is 0. The molecule has 0 aliphatic carbocycles. The van der Waals surface area contributed by atoms with Crippen molar-refractivity contribution in [3.63, 3.8) is 0 Å². The number of carbonyl (C=O) groups is 3. The molecule has 0 heterocycles. The molecule has 8 nitrogen and oxygen atoms in total. The minimum atomic E-state index is -0.765. The van der Waals surface area contributed by atoms with Crippen molar-refractivity contribution in [2.75, 3.05) is 19.7 Å². The number of hydrogen-bond acceptors (Lipinski definition) is 6. The summed E-state index contributed by atoms with van der Waals surface area (Å²) < 4.78 is 5.07. The summed E-state index contributed by atoms with van der Waals surface area (Å²) in [6.07, 6.45) is 18.7. The van der Waals surface area contributed by atoms with Crippen molar-refractivity contribution < 1.29 is 19.1 Å². The smallest absolute Gasteiger partial charge is 0.328 e. The van der Waals surface area contributed by atoms with E-state index in [-0.39, 0.29) is 18.4 Å². The molecule has 0 saturated heterocycles. The molecular formula is C28H56N4O4. The summed E-state index contributed by atoms with van der Waals surface area (Å²) in [6, 6.07) is -1.47. The van der Waals surface area contributed by atoms with E-state index < -0.39 is 18.1 Å². The van der Waals surface area contributed by atoms with Crippen LogP contribution in [0.25, 0.3) is 0 Å². The first kappa shape index (κ1) is 34.3. The van der Waals surface area contributed by atoms with Crippen LogP contribution < -0.4 is 22.1 Å². The summed E-state index contributed by atoms with van der Waals surface area (Å²) in [5.41, 5.74) is 11.2. The third-order valence-corrected chi connectivity index (χ3v) is 6.44. The minimum Gasteiger partial charge on any atom is -0.464 e. The van der Waals surface area contributed by atoms with Crippen molar-refractivity contribution in [1.82, 2.24) is 10.6 Å². The van der Waals surface area contributed by atoms with E-state index in [0.29, 0.717) is 45.2 Å². The molecule has 2 amide bonds. The van der Waals surface area contributed by atoms with E-state index >= 15 is 0 Å². The van der Waals surface area contributed by atoms with Gasteiger partial charge in [-0.1, -0.05) is 84.0 Å². The van der Waals surface area contributed by atoms with Gasteiger partial charge in [0.2, 0.25) is 11.8 Å². The number of hydrogen-bond donors (Lipinski definition) is 4. The van der Waals surface area contributed by atoms with E-state index in [1.165, 1.54) is 64.2 Å². The number of ether oxygens (including phenoxy) is 1. The Kier molecular flexibility index (Phi) is 23.8. The zero-order valence-electron chi connectivity index (χ0n) is 23.3. The van der Waals surface area contributed by atoms with Crippen molar-refractivity contribution in [1.29, 1.82) is 0 Å². The lowest BCUT2D eigenvalue weighted by atomic mass is 10.0. The van der Waals surface area contributed by atoms with E-state index in [4.69, 9.17) is 16.2 Å². The van der Waals surface area contributed by atoms with Crippen molar-refractivity contribution in [2.45, 2.75) is 142 Å². The third kappa shape index (κ3) is 19.5. The molecule has 0 rings (SSSR count). The maximum Gasteiger partial charge on any atom is 0.328 e. The van der Waals surface area contributed by atoms with Crippen LogP contribution in [0.15, 0.2) is 0 Å². The van der Waals surface area contributed by atoms with Crippen LogP contribution in [0.3, 0.4) is 0 Å². The highest BCUT2D eigenvalue weighted by Gasteiger charge is 2.26. The predicted octanol–water partition coefficient (Wildman–Crippen LogP) is 4.48. The van der Waals surface area contributed by atoms with Crippen molar-refractivity contribution in [2.24, 2.45) is 11.5 Å². The second kappa shape index (κ2) is 25.0. The fourth-order valence-corrected chi connectivity index (χ4v) is 4.25. The van der Waals surface area contributed by atoms with Crippen LogP contribution >= 0.6 is 0 Å². The standard InChI is InChI=1S/C28H56N4O4/c1-3-5-6-7-8-9-10-11-12-13-14-15-16-21-26(33)31-24(19-17-22-29)27(34)32-25(20-18-23-30)28(35)36-4-2/h24-25H,3-23,29-30H2,1-2H3,(H,31,33)(H,32,34)/t24-,25-/m0/s1. The predicted molar refractivity (Wildman–Crippen MR) is 147 cm³/mol. The largest absolute Gasteiger partial charge is 0.464 e. The van der Waals surface area contributed by atoms with Gasteiger partial charge in [0.1, 0.15) is 12.1 Å². The number of rotatable bonds is 25. The molecule has 2 atom stereocenters. The van der Waals surface area contributed by atoms with Crippen molar-refractivity contribution >= 4 is 17.8 Å². The van der Waals surface area contributed by atoms with Crippen LogP contribution in [0.4, 0.5) is 0 Å². The van der Waals surface area contributed by atoms with E-state index in [1.807, 2.05) is 0 Å². The highest BCUT2D eigenvalue weighted by molar-refractivity contribution is 5.90. The average Bonchev–Trinajstić information content (AvgIpc) is 2.87. The second-order valence-electron chi connectivity index (χ2n) is 9.79. The third-order valence-electron chi connectivity index (χ3n) is 6.44. The molecule has 0 bridgehead atoms. The van der Waals surface area contributed by atoms with Gasteiger partial charge >= 0.3 is 5.97 Å². The van der Waals surface area contributed by atoms with Gasteiger partial charge in [-0.15, -0.1) is 0 Å². The van der Waals surface area contributed by atoms with Gasteiger partial charge in [0.25, 0.3) is 0 Å². The van der Waals surface area contributed by atoms with Gasteiger partial charge in [0.05, 0.1) is 6.61 Å². The molecule has 212 valence electrons. The Bertz CT molecular complexity index is 560. The Balaban J connectivity index is 4.23. The minimum absolute atomic E-state index is 0.134. The summed E-state index contributed by atoms with van der Waals surface area (Å²) in [5, 5.41) is 5.59. The lowest BCUT2D eigenvalue weighted by Crippen LogP contribution is -2.52. The fraction of sp³-hybridized carbons (Fsp3) is 0.893. The normalized spacial score (nSPS) is 12.7. The number of carbonyl (C=O) groups excluding carboxylic acids is 3. The first-order valence-corrected chi connectivity index (χ1v) is 14.7. The van der Waals surface area contributed by atoms with Gasteiger partial charge in [0, 0.05) is 6.42 Å². The van der Waals surface area contributed by atoms with E-state index in [2.05, 4.69) is 17.6 Å². The summed E-state index contributed by atoms with van der Waals surface area (Å²) in [4.78, 5) is 37.5. The number of amides is 2. The Hall–Kier alpha value is -1.67. The van der Waals surface area contributed by atoms with Gasteiger partial charge in [-0.3, -0.25) is 9.59 Å². The molecule has 0 aromatic heterocycles. The molecular weight excluding hydrogens is 456 g/mol. The zero-order valence-corrected chi connectivity index (χ0v) is 23.3. The lowest BCUT2D eigenvalue weighted by Gasteiger charge is -2.22. The van der Waals surface area contributed by atoms with Crippen LogP contribution in [0.1, 0.15) is 129 Å². The first-order valence-electron chi connectivity index (χ1n) is 14.7. The molecule has 0 aromatic carbocycles. The summed E-state index contributed by atoms with van der Waals surface area (Å²) >= 11 is 0. The molecule has 0 aromatic rings. The average molecular weight is 513 g/mol. The molecule has 0 aliphatic heterocycles. The molecule has 36 heavy (non-hydrogen) atoms. The van der Waals surface area contributed by atoms with Crippen LogP contribution in [0, 0.1) is 0 Å². The number of nitrogens with one attached hydrogen (secondary N) is 2. The number of unbranched alkanes of at least 4 members (excludes halogenated alkanes) is 12. The maximum absolute atomic E-state index is 12.9. The summed E-state index contributed by atoms with van der Waals surface area (Å²) in [6.45, 7) is 5.05. The van der Waals surface area contributed by atoms with Crippen molar-refractivity contribution in [3.8, 4) is 0 Å². The highest BCUT2D eigenvalue weighted by Crippen LogP contribution is 2.13. The van der Waals surface area contributed by atoms with Crippen molar-refractivity contribution in [3.05, 3.63) is 0 Å². The van der Waals surface area contributed by atoms with E-state index in [1.54, 1.807) is 6.92 Å². The molecule has 0 saturated carbocycles. The van der Waals surface area contributed by atoms with Gasteiger partial charge in [-0.05, 0) is 52.1 Å². The molecule has 0 fully saturated rings. The van der Waals surface area contributed by atoms with Crippen LogP contribution in [-0.2, 0) is 19.1 Å². The van der Waals surface area contributed by atoms with Crippen LogP contribution in [0.5, 0.6) is 0 Å². The number of nitrogens with two attached hydrogens (primary N) is 2. The SMILES string of the molecule is CCCCCCCCCCCCCCCC(=O)N[C@@H](CCCN)C(=O)N[C@@H](CCCN)C(=O)OCC. The molecule has 0 aliphatic rings. The monoisotopic (exact) mass is 512 g/mol. The Morgan fingerprint density at radius 1 is 0.639 bits per heavy atom. The van der Waals surface area contributed by atoms with Gasteiger partial charge < -0.3 is 26.8 Å². The van der Waals surface area contributed by atoms with Crippen LogP contribution in [0.2, 0.25) is 0 Å². The first-order chi connectivity index (χ1) is 17.5. The van der Waals surface area contributed by atoms with E-state index in [9.17, 15) is 14.4 Å². The fourth-order valence-electron chi connectivity index (χ4n) is 4.25. The van der Waals surface area contributed by atoms with Gasteiger partial charge in [0.15, 0.2) is 0 Å². The summed E-state index contributed by atoms with van der Waals surface area (Å²) in [5.74, 6) is -0.989. The topological polar surface area (TPSA) is 137 Å². The van der Waals surface area contributed by atoms with E-state index in [0.717, 1.165) is 19.3 Å². The molecule has 0 radical (unpaired) electrons. The Morgan fingerprint density at radius 3 is 1.58 bits per heavy atom. The zero-order chi connectivity index (χ0) is 26.9. The molecule has 6 N–H and O–H groups in total. The van der Waals surface area contributed by atoms with Gasteiger partial charge in [-0.25, -0.2) is 4.79 Å². The Labute approximate surface area is 220 Å². The molecule has 0 unspecified atom stereocenters. The quantitative estimate of drug-likeness (QED) is 0.105. The number of esters is 1. The maximum atomic E-state index is 12.9. The molecule has 0 spiro atoms. The lowest BCUT2D eigenvalue weighted by molar-refractivity contribution is -0.147. The Morgan fingerprint density at radius 2 is 1.11 bits per heavy atom. The molecule has 8 heteroatoms. The second-order valence-corrected chi connectivity index (χ2v) is 9.79.